The molecular formula is C7H7N2. The van der Waals surface area contributed by atoms with Gasteiger partial charge in [-0.05, 0) is 6.08 Å². The van der Waals surface area contributed by atoms with Crippen LogP contribution in [0, 0.1) is 6.08 Å². The Labute approximate surface area is 53.6 Å². The van der Waals surface area contributed by atoms with Crippen molar-refractivity contribution in [2.75, 3.05) is 11.9 Å². The third-order valence-electron chi connectivity index (χ3n) is 1.40. The van der Waals surface area contributed by atoms with E-state index in [0.29, 0.717) is 0 Å². The van der Waals surface area contributed by atoms with Crippen molar-refractivity contribution in [1.82, 2.24) is 4.98 Å². The van der Waals surface area contributed by atoms with Crippen LogP contribution in [0.3, 0.4) is 0 Å². The molecule has 1 radical (unpaired) electrons. The van der Waals surface area contributed by atoms with Crippen LogP contribution < -0.4 is 5.32 Å². The summed E-state index contributed by atoms with van der Waals surface area (Å²) in [4.78, 5) is 3.00. The Kier molecular flexibility index (Phi) is 0.859. The van der Waals surface area contributed by atoms with Crippen molar-refractivity contribution in [3.63, 3.8) is 0 Å². The van der Waals surface area contributed by atoms with E-state index in [1.54, 1.807) is 0 Å². The Morgan fingerprint density at radius 2 is 2.44 bits per heavy atom. The van der Waals surface area contributed by atoms with E-state index in [0.717, 1.165) is 17.8 Å². The van der Waals surface area contributed by atoms with E-state index >= 15 is 0 Å². The highest BCUT2D eigenvalue weighted by Gasteiger charge is 2.01. The Morgan fingerprint density at radius 3 is 3.33 bits per heavy atom. The summed E-state index contributed by atoms with van der Waals surface area (Å²) >= 11 is 0. The van der Waals surface area contributed by atoms with Crippen LogP contribution in [0.25, 0.3) is 0 Å². The SMILES string of the molecule is [C]1=CCNc2c[nH]cc21. The van der Waals surface area contributed by atoms with E-state index < -0.39 is 0 Å². The third kappa shape index (κ3) is 0.633. The number of fused-ring (bicyclic) bond motifs is 1. The van der Waals surface area contributed by atoms with Crippen LogP contribution in [0.5, 0.6) is 0 Å². The summed E-state index contributed by atoms with van der Waals surface area (Å²) in [6.45, 7) is 0.894. The predicted octanol–water partition coefficient (Wildman–Crippen LogP) is 1.15. The lowest BCUT2D eigenvalue weighted by molar-refractivity contribution is 1.29. The minimum absolute atomic E-state index is 0.894. The van der Waals surface area contributed by atoms with Gasteiger partial charge in [-0.3, -0.25) is 0 Å². The number of rotatable bonds is 0. The molecular weight excluding hydrogens is 112 g/mol. The van der Waals surface area contributed by atoms with Crippen LogP contribution in [-0.4, -0.2) is 11.5 Å². The maximum absolute atomic E-state index is 3.19. The molecule has 0 aromatic carbocycles. The van der Waals surface area contributed by atoms with E-state index in [4.69, 9.17) is 0 Å². The molecule has 0 fully saturated rings. The highest BCUT2D eigenvalue weighted by atomic mass is 14.9. The maximum atomic E-state index is 3.19. The standard InChI is InChI=1S/C7H7N2/c1-2-6-4-8-5-7(6)9-3-1/h1,4-5,8-9H,3H2. The molecule has 0 unspecified atom stereocenters. The third-order valence-corrected chi connectivity index (χ3v) is 1.40. The van der Waals surface area contributed by atoms with Crippen LogP contribution in [-0.2, 0) is 0 Å². The number of aromatic amines is 1. The molecule has 0 saturated carbocycles. The first-order valence-corrected chi connectivity index (χ1v) is 2.96. The second kappa shape index (κ2) is 1.65. The lowest BCUT2D eigenvalue weighted by atomic mass is 10.2. The smallest absolute Gasteiger partial charge is 0.0600 e. The van der Waals surface area contributed by atoms with E-state index in [1.807, 2.05) is 18.5 Å². The molecule has 2 N–H and O–H groups in total. The number of anilines is 1. The molecule has 2 heteroatoms. The first-order valence-electron chi connectivity index (χ1n) is 2.96. The first-order chi connectivity index (χ1) is 4.47. The molecule has 1 aliphatic rings. The van der Waals surface area contributed by atoms with Crippen LogP contribution >= 0.6 is 0 Å². The topological polar surface area (TPSA) is 27.8 Å². The van der Waals surface area contributed by atoms with Gasteiger partial charge in [0.25, 0.3) is 0 Å². The van der Waals surface area contributed by atoms with Crippen molar-refractivity contribution in [3.8, 4) is 0 Å². The molecule has 0 amide bonds. The van der Waals surface area contributed by atoms with Gasteiger partial charge in [0.2, 0.25) is 0 Å². The fourth-order valence-electron chi connectivity index (χ4n) is 0.951. The summed E-state index contributed by atoms with van der Waals surface area (Å²) < 4.78 is 0. The number of hydrogen-bond donors (Lipinski definition) is 2. The molecule has 2 nitrogen and oxygen atoms in total. The summed E-state index contributed by atoms with van der Waals surface area (Å²) in [6, 6.07) is 0. The lowest BCUT2D eigenvalue weighted by Gasteiger charge is -2.05. The van der Waals surface area contributed by atoms with Gasteiger partial charge in [-0.25, -0.2) is 0 Å². The van der Waals surface area contributed by atoms with Crippen molar-refractivity contribution >= 4 is 5.69 Å². The average molecular weight is 119 g/mol. The van der Waals surface area contributed by atoms with Crippen LogP contribution in [0.2, 0.25) is 0 Å². The van der Waals surface area contributed by atoms with Crippen molar-refractivity contribution in [1.29, 1.82) is 0 Å². The largest absolute Gasteiger partial charge is 0.380 e. The molecule has 9 heavy (non-hydrogen) atoms. The number of nitrogens with one attached hydrogen (secondary N) is 2. The highest BCUT2D eigenvalue weighted by Crippen LogP contribution is 2.16. The van der Waals surface area contributed by atoms with Crippen molar-refractivity contribution < 1.29 is 0 Å². The van der Waals surface area contributed by atoms with E-state index in [1.165, 1.54) is 0 Å². The van der Waals surface area contributed by atoms with Gasteiger partial charge in [0.05, 0.1) is 5.69 Å². The molecule has 2 rings (SSSR count). The Bertz CT molecular complexity index is 235. The van der Waals surface area contributed by atoms with Gasteiger partial charge >= 0.3 is 0 Å². The number of aromatic nitrogens is 1. The van der Waals surface area contributed by atoms with Gasteiger partial charge in [-0.15, -0.1) is 0 Å². The van der Waals surface area contributed by atoms with E-state index in [-0.39, 0.29) is 0 Å². The van der Waals surface area contributed by atoms with E-state index in [9.17, 15) is 0 Å². The Hall–Kier alpha value is -1.18. The minimum atomic E-state index is 0.894. The Morgan fingerprint density at radius 1 is 1.44 bits per heavy atom. The van der Waals surface area contributed by atoms with Gasteiger partial charge in [-0.2, -0.15) is 0 Å². The zero-order valence-electron chi connectivity index (χ0n) is 4.94. The fourth-order valence-corrected chi connectivity index (χ4v) is 0.951. The van der Waals surface area contributed by atoms with Gasteiger partial charge in [0.15, 0.2) is 0 Å². The second-order valence-electron chi connectivity index (χ2n) is 2.01. The van der Waals surface area contributed by atoms with Crippen molar-refractivity contribution in [2.24, 2.45) is 0 Å². The Balaban J connectivity index is 2.53. The molecule has 1 aromatic rings. The van der Waals surface area contributed by atoms with Gasteiger partial charge < -0.3 is 10.3 Å². The molecule has 0 atom stereocenters. The number of hydrogen-bond acceptors (Lipinski definition) is 1. The maximum Gasteiger partial charge on any atom is 0.0600 e. The van der Waals surface area contributed by atoms with Gasteiger partial charge in [0, 0.05) is 24.5 Å². The van der Waals surface area contributed by atoms with Gasteiger partial charge in [-0.1, -0.05) is 6.08 Å². The zero-order valence-corrected chi connectivity index (χ0v) is 4.94. The van der Waals surface area contributed by atoms with Crippen LogP contribution in [0.1, 0.15) is 5.56 Å². The highest BCUT2D eigenvalue weighted by molar-refractivity contribution is 5.55. The molecule has 45 valence electrons. The molecule has 1 aliphatic heterocycles. The second-order valence-corrected chi connectivity index (χ2v) is 2.01. The normalized spacial score (nSPS) is 14.7. The van der Waals surface area contributed by atoms with Crippen molar-refractivity contribution in [3.05, 3.63) is 30.1 Å². The first kappa shape index (κ1) is 4.68. The summed E-state index contributed by atoms with van der Waals surface area (Å²) in [6.07, 6.45) is 8.97. The molecule has 0 aliphatic carbocycles. The fraction of sp³-hybridized carbons (Fsp3) is 0.143. The summed E-state index contributed by atoms with van der Waals surface area (Å²) in [7, 11) is 0. The quantitative estimate of drug-likeness (QED) is 0.526. The zero-order chi connectivity index (χ0) is 6.10. The summed E-state index contributed by atoms with van der Waals surface area (Å²) in [5, 5.41) is 3.19. The predicted molar refractivity (Wildman–Crippen MR) is 36.2 cm³/mol. The molecule has 0 saturated heterocycles. The lowest BCUT2D eigenvalue weighted by Crippen LogP contribution is -2.02. The van der Waals surface area contributed by atoms with Gasteiger partial charge in [0.1, 0.15) is 0 Å². The minimum Gasteiger partial charge on any atom is -0.380 e. The molecule has 2 heterocycles. The average Bonchev–Trinajstić information content (AvgIpc) is 2.33. The monoisotopic (exact) mass is 119 g/mol. The van der Waals surface area contributed by atoms with Crippen molar-refractivity contribution in [2.45, 2.75) is 0 Å². The molecule has 1 aromatic heterocycles. The number of H-pyrrole nitrogens is 1. The molecule has 0 bridgehead atoms. The summed E-state index contributed by atoms with van der Waals surface area (Å²) in [5.41, 5.74) is 2.28. The van der Waals surface area contributed by atoms with Crippen LogP contribution in [0.4, 0.5) is 5.69 Å². The summed E-state index contributed by atoms with van der Waals surface area (Å²) in [5.74, 6) is 0. The van der Waals surface area contributed by atoms with E-state index in [2.05, 4.69) is 16.4 Å². The van der Waals surface area contributed by atoms with Crippen LogP contribution in [0.15, 0.2) is 18.5 Å². The molecule has 0 spiro atoms.